The molecule has 1 heterocycles. The number of benzene rings is 1. The van der Waals surface area contributed by atoms with Gasteiger partial charge in [-0.1, -0.05) is 18.2 Å². The number of carbonyl (C=O) groups excluding carboxylic acids is 2. The van der Waals surface area contributed by atoms with Crippen LogP contribution in [0.25, 0.3) is 17.0 Å². The molecule has 0 saturated carbocycles. The lowest BCUT2D eigenvalue weighted by atomic mass is 10.1. The Hall–Kier alpha value is -2.89. The van der Waals surface area contributed by atoms with Crippen molar-refractivity contribution >= 4 is 28.9 Å². The first-order valence-electron chi connectivity index (χ1n) is 7.12. The number of hydrogen-bond acceptors (Lipinski definition) is 5. The van der Waals surface area contributed by atoms with Gasteiger partial charge in [0.1, 0.15) is 5.56 Å². The van der Waals surface area contributed by atoms with Crippen molar-refractivity contribution in [1.29, 1.82) is 0 Å². The van der Waals surface area contributed by atoms with Crippen LogP contribution < -0.4 is 5.43 Å². The molecule has 6 heteroatoms. The van der Waals surface area contributed by atoms with E-state index in [2.05, 4.69) is 9.72 Å². The van der Waals surface area contributed by atoms with Crippen LogP contribution in [-0.4, -0.2) is 30.6 Å². The minimum Gasteiger partial charge on any atom is -0.469 e. The molecule has 0 atom stereocenters. The maximum Gasteiger partial charge on any atom is 0.343 e. The third-order valence-electron chi connectivity index (χ3n) is 3.22. The van der Waals surface area contributed by atoms with Gasteiger partial charge >= 0.3 is 11.9 Å². The summed E-state index contributed by atoms with van der Waals surface area (Å²) in [6.07, 6.45) is 4.87. The van der Waals surface area contributed by atoms with E-state index in [1.807, 2.05) is 0 Å². The largest absolute Gasteiger partial charge is 0.469 e. The number of fused-ring (bicyclic) bond motifs is 1. The molecular formula is C17H17NO5. The summed E-state index contributed by atoms with van der Waals surface area (Å²) in [5, 5.41) is 0.385. The van der Waals surface area contributed by atoms with Crippen LogP contribution in [0.2, 0.25) is 0 Å². The van der Waals surface area contributed by atoms with Gasteiger partial charge in [-0.25, -0.2) is 4.79 Å². The third-order valence-corrected chi connectivity index (χ3v) is 3.22. The standard InChI is InChI=1S/C17H17NO5/c1-3-23-17(21)13-10-18-14-8-7-11(9-12(14)16(13)20)5-4-6-15(19)22-2/h4-5,7-10H,3,6H2,1-2H3,(H,18,20). The van der Waals surface area contributed by atoms with Crippen LogP contribution in [0.3, 0.4) is 0 Å². The SMILES string of the molecule is CCOC(=O)c1c[nH]c2ccc(C=CCC(=O)OC)cc2c1=O. The summed E-state index contributed by atoms with van der Waals surface area (Å²) in [5.74, 6) is -0.994. The second-order valence-electron chi connectivity index (χ2n) is 4.74. The van der Waals surface area contributed by atoms with Gasteiger partial charge in [0.2, 0.25) is 5.43 Å². The second-order valence-corrected chi connectivity index (χ2v) is 4.74. The number of rotatable bonds is 5. The lowest BCUT2D eigenvalue weighted by molar-refractivity contribution is -0.139. The van der Waals surface area contributed by atoms with E-state index in [1.54, 1.807) is 37.3 Å². The van der Waals surface area contributed by atoms with E-state index in [9.17, 15) is 14.4 Å². The highest BCUT2D eigenvalue weighted by atomic mass is 16.5. The molecule has 0 spiro atoms. The second kappa shape index (κ2) is 7.40. The van der Waals surface area contributed by atoms with E-state index in [0.717, 1.165) is 5.56 Å². The molecule has 0 unspecified atom stereocenters. The highest BCUT2D eigenvalue weighted by Crippen LogP contribution is 2.13. The Labute approximate surface area is 132 Å². The lowest BCUT2D eigenvalue weighted by Crippen LogP contribution is -2.18. The molecule has 0 aliphatic rings. The maximum absolute atomic E-state index is 12.4. The van der Waals surface area contributed by atoms with Crippen molar-refractivity contribution in [2.24, 2.45) is 0 Å². The molecule has 2 rings (SSSR count). The number of ether oxygens (including phenoxy) is 2. The summed E-state index contributed by atoms with van der Waals surface area (Å²) in [4.78, 5) is 38.2. The molecular weight excluding hydrogens is 298 g/mol. The minimum atomic E-state index is -0.651. The molecule has 23 heavy (non-hydrogen) atoms. The zero-order chi connectivity index (χ0) is 16.8. The van der Waals surface area contributed by atoms with Crippen LogP contribution in [-0.2, 0) is 14.3 Å². The first-order valence-corrected chi connectivity index (χ1v) is 7.12. The summed E-state index contributed by atoms with van der Waals surface area (Å²) < 4.78 is 9.41. The van der Waals surface area contributed by atoms with E-state index < -0.39 is 5.97 Å². The highest BCUT2D eigenvalue weighted by molar-refractivity contribution is 5.94. The van der Waals surface area contributed by atoms with E-state index >= 15 is 0 Å². The van der Waals surface area contributed by atoms with Crippen molar-refractivity contribution in [3.05, 3.63) is 51.8 Å². The predicted molar refractivity (Wildman–Crippen MR) is 86.2 cm³/mol. The number of carbonyl (C=O) groups is 2. The molecule has 0 saturated heterocycles. The van der Waals surface area contributed by atoms with Crippen LogP contribution in [0.5, 0.6) is 0 Å². The first-order chi connectivity index (χ1) is 11.1. The molecule has 0 aliphatic carbocycles. The van der Waals surface area contributed by atoms with Crippen LogP contribution in [0.1, 0.15) is 29.3 Å². The van der Waals surface area contributed by atoms with Crippen LogP contribution in [0.15, 0.2) is 35.3 Å². The first kappa shape index (κ1) is 16.5. The van der Waals surface area contributed by atoms with Crippen LogP contribution in [0, 0.1) is 0 Å². The molecule has 2 aromatic rings. The monoisotopic (exact) mass is 315 g/mol. The van der Waals surface area contributed by atoms with Crippen molar-refractivity contribution < 1.29 is 19.1 Å². The number of aromatic nitrogens is 1. The molecule has 0 fully saturated rings. The highest BCUT2D eigenvalue weighted by Gasteiger charge is 2.13. The van der Waals surface area contributed by atoms with Gasteiger partial charge in [0, 0.05) is 17.1 Å². The predicted octanol–water partition coefficient (Wildman–Crippen LogP) is 2.28. The van der Waals surface area contributed by atoms with E-state index in [1.165, 1.54) is 13.3 Å². The minimum absolute atomic E-state index is 0.0324. The number of pyridine rings is 1. The topological polar surface area (TPSA) is 85.5 Å². The van der Waals surface area contributed by atoms with E-state index in [4.69, 9.17) is 4.74 Å². The maximum atomic E-state index is 12.4. The molecule has 0 aliphatic heterocycles. The fourth-order valence-corrected chi connectivity index (χ4v) is 2.07. The average Bonchev–Trinajstić information content (AvgIpc) is 2.55. The van der Waals surface area contributed by atoms with Gasteiger partial charge < -0.3 is 14.5 Å². The Kier molecular flexibility index (Phi) is 5.30. The Balaban J connectivity index is 2.37. The Morgan fingerprint density at radius 2 is 2.09 bits per heavy atom. The number of methoxy groups -OCH3 is 1. The van der Waals surface area contributed by atoms with Crippen molar-refractivity contribution in [3.8, 4) is 0 Å². The molecule has 0 bridgehead atoms. The summed E-state index contributed by atoms with van der Waals surface area (Å²) in [7, 11) is 1.32. The van der Waals surface area contributed by atoms with Gasteiger partial charge in [-0.2, -0.15) is 0 Å². The fourth-order valence-electron chi connectivity index (χ4n) is 2.07. The van der Waals surface area contributed by atoms with Gasteiger partial charge in [-0.15, -0.1) is 0 Å². The Morgan fingerprint density at radius 3 is 2.78 bits per heavy atom. The summed E-state index contributed by atoms with van der Waals surface area (Å²) >= 11 is 0. The zero-order valence-electron chi connectivity index (χ0n) is 12.9. The van der Waals surface area contributed by atoms with Crippen LogP contribution in [0.4, 0.5) is 0 Å². The fraction of sp³-hybridized carbons (Fsp3) is 0.235. The van der Waals surface area contributed by atoms with Crippen molar-refractivity contribution in [2.45, 2.75) is 13.3 Å². The summed E-state index contributed by atoms with van der Waals surface area (Å²) in [6, 6.07) is 5.20. The lowest BCUT2D eigenvalue weighted by Gasteiger charge is -2.04. The quantitative estimate of drug-likeness (QED) is 0.856. The molecule has 0 amide bonds. The molecule has 1 aromatic heterocycles. The number of H-pyrrole nitrogens is 1. The molecule has 1 aromatic carbocycles. The number of esters is 2. The van der Waals surface area contributed by atoms with Crippen LogP contribution >= 0.6 is 0 Å². The zero-order valence-corrected chi connectivity index (χ0v) is 12.9. The molecule has 0 radical (unpaired) electrons. The van der Waals surface area contributed by atoms with Gasteiger partial charge in [0.05, 0.1) is 20.1 Å². The third kappa shape index (κ3) is 3.85. The van der Waals surface area contributed by atoms with E-state index in [0.29, 0.717) is 10.9 Å². The normalized spacial score (nSPS) is 10.9. The summed E-state index contributed by atoms with van der Waals surface area (Å²) in [6.45, 7) is 1.88. The van der Waals surface area contributed by atoms with Gasteiger partial charge in [-0.3, -0.25) is 9.59 Å². The number of aromatic amines is 1. The molecule has 6 nitrogen and oxygen atoms in total. The van der Waals surface area contributed by atoms with Gasteiger partial charge in [0.25, 0.3) is 0 Å². The van der Waals surface area contributed by atoms with E-state index in [-0.39, 0.29) is 30.0 Å². The van der Waals surface area contributed by atoms with Crippen molar-refractivity contribution in [3.63, 3.8) is 0 Å². The number of hydrogen-bond donors (Lipinski definition) is 1. The average molecular weight is 315 g/mol. The van der Waals surface area contributed by atoms with Crippen molar-refractivity contribution in [2.75, 3.05) is 13.7 Å². The molecule has 120 valence electrons. The Bertz CT molecular complexity index is 819. The van der Waals surface area contributed by atoms with Gasteiger partial charge in [-0.05, 0) is 24.6 Å². The smallest absolute Gasteiger partial charge is 0.343 e. The number of nitrogens with one attached hydrogen (secondary N) is 1. The Morgan fingerprint density at radius 1 is 1.30 bits per heavy atom. The molecule has 1 N–H and O–H groups in total. The van der Waals surface area contributed by atoms with Crippen molar-refractivity contribution in [1.82, 2.24) is 4.98 Å². The van der Waals surface area contributed by atoms with Gasteiger partial charge in [0.15, 0.2) is 0 Å². The summed E-state index contributed by atoms with van der Waals surface area (Å²) in [5.41, 5.74) is 0.941.